The van der Waals surface area contributed by atoms with E-state index >= 15 is 0 Å². The summed E-state index contributed by atoms with van der Waals surface area (Å²) in [6.07, 6.45) is 2.55. The van der Waals surface area contributed by atoms with Crippen LogP contribution < -0.4 is 11.1 Å². The molecule has 0 saturated heterocycles. The van der Waals surface area contributed by atoms with Crippen molar-refractivity contribution in [3.8, 4) is 0 Å². The van der Waals surface area contributed by atoms with Crippen LogP contribution in [0.2, 0.25) is 0 Å². The van der Waals surface area contributed by atoms with Crippen molar-refractivity contribution in [2.75, 3.05) is 11.9 Å². The molecule has 0 fully saturated rings. The minimum atomic E-state index is -0.722. The van der Waals surface area contributed by atoms with Gasteiger partial charge in [-0.1, -0.05) is 12.1 Å². The molecule has 0 spiro atoms. The van der Waals surface area contributed by atoms with Gasteiger partial charge in [-0.15, -0.1) is 11.3 Å². The molecular weight excluding hydrogens is 386 g/mol. The molecule has 1 aromatic heterocycles. The van der Waals surface area contributed by atoms with Crippen LogP contribution in [0.4, 0.5) is 10.7 Å². The highest BCUT2D eigenvalue weighted by molar-refractivity contribution is 7.18. The molecule has 2 aromatic rings. The molecule has 0 aliphatic carbocycles. The van der Waals surface area contributed by atoms with Crippen molar-refractivity contribution in [1.29, 1.82) is 0 Å². The molecular formula is C18H17N3O6S. The molecule has 1 aromatic carbocycles. The van der Waals surface area contributed by atoms with Crippen LogP contribution >= 0.6 is 11.3 Å². The summed E-state index contributed by atoms with van der Waals surface area (Å²) in [5, 5.41) is 13.5. The van der Waals surface area contributed by atoms with Gasteiger partial charge >= 0.3 is 5.97 Å². The molecule has 0 unspecified atom stereocenters. The van der Waals surface area contributed by atoms with Crippen molar-refractivity contribution >= 4 is 45.9 Å². The smallest absolute Gasteiger partial charge is 0.341 e. The highest BCUT2D eigenvalue weighted by Gasteiger charge is 2.25. The van der Waals surface area contributed by atoms with Gasteiger partial charge in [0.15, 0.2) is 0 Å². The van der Waals surface area contributed by atoms with Gasteiger partial charge in [-0.25, -0.2) is 4.79 Å². The number of primary amides is 1. The fraction of sp³-hybridized carbons (Fsp3) is 0.167. The Hall–Kier alpha value is -3.53. The van der Waals surface area contributed by atoms with Crippen LogP contribution in [0.15, 0.2) is 30.3 Å². The Morgan fingerprint density at radius 1 is 1.36 bits per heavy atom. The van der Waals surface area contributed by atoms with E-state index in [1.165, 1.54) is 31.2 Å². The first-order valence-corrected chi connectivity index (χ1v) is 8.90. The van der Waals surface area contributed by atoms with E-state index in [0.29, 0.717) is 11.1 Å². The fourth-order valence-electron chi connectivity index (χ4n) is 2.35. The van der Waals surface area contributed by atoms with Crippen LogP contribution in [0.25, 0.3) is 6.08 Å². The number of nitro groups is 1. The van der Waals surface area contributed by atoms with Crippen molar-refractivity contribution in [2.24, 2.45) is 5.73 Å². The molecule has 2 rings (SSSR count). The monoisotopic (exact) mass is 403 g/mol. The van der Waals surface area contributed by atoms with Gasteiger partial charge < -0.3 is 15.8 Å². The van der Waals surface area contributed by atoms with Crippen molar-refractivity contribution < 1.29 is 24.0 Å². The Morgan fingerprint density at radius 3 is 2.68 bits per heavy atom. The van der Waals surface area contributed by atoms with Crippen molar-refractivity contribution in [3.63, 3.8) is 0 Å². The number of carbonyl (C=O) groups is 3. The number of hydrogen-bond acceptors (Lipinski definition) is 7. The van der Waals surface area contributed by atoms with E-state index in [1.807, 2.05) is 0 Å². The highest BCUT2D eigenvalue weighted by Crippen LogP contribution is 2.33. The van der Waals surface area contributed by atoms with E-state index in [-0.39, 0.29) is 27.7 Å². The quantitative estimate of drug-likeness (QED) is 0.315. The zero-order chi connectivity index (χ0) is 20.8. The second kappa shape index (κ2) is 8.91. The van der Waals surface area contributed by atoms with Gasteiger partial charge in [0.1, 0.15) is 5.00 Å². The number of nitro benzene ring substituents is 1. The van der Waals surface area contributed by atoms with E-state index in [2.05, 4.69) is 5.32 Å². The molecule has 146 valence electrons. The largest absolute Gasteiger partial charge is 0.462 e. The Labute approximate surface area is 163 Å². The second-order valence-corrected chi connectivity index (χ2v) is 6.54. The van der Waals surface area contributed by atoms with Crippen molar-refractivity contribution in [1.82, 2.24) is 0 Å². The number of benzene rings is 1. The lowest BCUT2D eigenvalue weighted by molar-refractivity contribution is -0.384. The van der Waals surface area contributed by atoms with Gasteiger partial charge in [-0.3, -0.25) is 19.7 Å². The topological polar surface area (TPSA) is 142 Å². The maximum Gasteiger partial charge on any atom is 0.341 e. The van der Waals surface area contributed by atoms with E-state index in [0.717, 1.165) is 17.4 Å². The number of nitrogens with two attached hydrogens (primary N) is 1. The van der Waals surface area contributed by atoms with E-state index in [9.17, 15) is 24.5 Å². The normalized spacial score (nSPS) is 10.6. The predicted molar refractivity (Wildman–Crippen MR) is 104 cm³/mol. The standard InChI is InChI=1S/C18H17N3O6S/c1-3-27-18(24)14-10(2)15(16(19)23)28-17(14)20-13(22)8-7-11-5-4-6-12(9-11)21(25)26/h4-9H,3H2,1-2H3,(H2,19,23)(H,20,22). The molecule has 0 aliphatic heterocycles. The summed E-state index contributed by atoms with van der Waals surface area (Å²) in [7, 11) is 0. The molecule has 0 saturated carbocycles. The van der Waals surface area contributed by atoms with Crippen LogP contribution in [-0.2, 0) is 9.53 Å². The molecule has 0 atom stereocenters. The average molecular weight is 403 g/mol. The summed E-state index contributed by atoms with van der Waals surface area (Å²) in [6.45, 7) is 3.30. The van der Waals surface area contributed by atoms with Crippen LogP contribution in [0.1, 0.15) is 38.1 Å². The lowest BCUT2D eigenvalue weighted by atomic mass is 10.1. The fourth-order valence-corrected chi connectivity index (χ4v) is 3.40. The number of non-ortho nitro benzene ring substituents is 1. The minimum absolute atomic E-state index is 0.0674. The van der Waals surface area contributed by atoms with Crippen LogP contribution in [0, 0.1) is 17.0 Å². The van der Waals surface area contributed by atoms with Crippen molar-refractivity contribution in [2.45, 2.75) is 13.8 Å². The summed E-state index contributed by atoms with van der Waals surface area (Å²) in [4.78, 5) is 46.4. The molecule has 9 nitrogen and oxygen atoms in total. The van der Waals surface area contributed by atoms with Gasteiger partial charge in [0.25, 0.3) is 11.6 Å². The molecule has 28 heavy (non-hydrogen) atoms. The molecule has 10 heteroatoms. The van der Waals surface area contributed by atoms with Crippen LogP contribution in [0.5, 0.6) is 0 Å². The lowest BCUT2D eigenvalue weighted by Gasteiger charge is -2.05. The number of esters is 1. The third-order valence-corrected chi connectivity index (χ3v) is 4.82. The molecule has 0 bridgehead atoms. The van der Waals surface area contributed by atoms with E-state index < -0.39 is 22.7 Å². The third kappa shape index (κ3) is 4.80. The van der Waals surface area contributed by atoms with Gasteiger partial charge in [0.2, 0.25) is 5.91 Å². The number of rotatable bonds is 7. The molecule has 1 heterocycles. The van der Waals surface area contributed by atoms with Gasteiger partial charge in [0.05, 0.1) is 22.0 Å². The number of amides is 2. The SMILES string of the molecule is CCOC(=O)c1c(NC(=O)C=Cc2cccc([N+](=O)[O-])c2)sc(C(N)=O)c1C. The number of hydrogen-bond donors (Lipinski definition) is 2. The van der Waals surface area contributed by atoms with Gasteiger partial charge in [0, 0.05) is 18.2 Å². The first-order valence-electron chi connectivity index (χ1n) is 8.08. The minimum Gasteiger partial charge on any atom is -0.462 e. The second-order valence-electron chi connectivity index (χ2n) is 5.52. The summed E-state index contributed by atoms with van der Waals surface area (Å²) in [5.74, 6) is -1.99. The van der Waals surface area contributed by atoms with Crippen LogP contribution in [0.3, 0.4) is 0 Å². The predicted octanol–water partition coefficient (Wildman–Crippen LogP) is 2.89. The van der Waals surface area contributed by atoms with Gasteiger partial charge in [-0.2, -0.15) is 0 Å². The highest BCUT2D eigenvalue weighted by atomic mass is 32.1. The number of ether oxygens (including phenoxy) is 1. The van der Waals surface area contributed by atoms with E-state index in [4.69, 9.17) is 10.5 Å². The first kappa shape index (κ1) is 20.8. The Kier molecular flexibility index (Phi) is 6.61. The number of thiophene rings is 1. The molecule has 2 amide bonds. The maximum atomic E-state index is 12.2. The number of nitrogens with zero attached hydrogens (tertiary/aromatic N) is 1. The summed E-state index contributed by atoms with van der Waals surface area (Å²) >= 11 is 0.874. The molecule has 0 radical (unpaired) electrons. The van der Waals surface area contributed by atoms with Crippen LogP contribution in [-0.4, -0.2) is 29.3 Å². The van der Waals surface area contributed by atoms with Gasteiger partial charge in [-0.05, 0) is 31.1 Å². The first-order chi connectivity index (χ1) is 13.2. The zero-order valence-corrected chi connectivity index (χ0v) is 15.9. The number of anilines is 1. The molecule has 0 aliphatic rings. The summed E-state index contributed by atoms with van der Waals surface area (Å²) in [5.41, 5.74) is 6.06. The maximum absolute atomic E-state index is 12.2. The summed E-state index contributed by atoms with van der Waals surface area (Å²) in [6, 6.07) is 5.74. The average Bonchev–Trinajstić information content (AvgIpc) is 2.96. The Bertz CT molecular complexity index is 980. The number of nitrogens with one attached hydrogen (secondary N) is 1. The number of carbonyl (C=O) groups excluding carboxylic acids is 3. The zero-order valence-electron chi connectivity index (χ0n) is 15.1. The Morgan fingerprint density at radius 2 is 2.07 bits per heavy atom. The third-order valence-electron chi connectivity index (χ3n) is 3.60. The summed E-state index contributed by atoms with van der Waals surface area (Å²) < 4.78 is 4.97. The Balaban J connectivity index is 2.27. The lowest BCUT2D eigenvalue weighted by Crippen LogP contribution is -2.13. The molecule has 3 N–H and O–H groups in total. The van der Waals surface area contributed by atoms with E-state index in [1.54, 1.807) is 13.0 Å². The van der Waals surface area contributed by atoms with Crippen molar-refractivity contribution in [3.05, 3.63) is 62.0 Å².